The van der Waals surface area contributed by atoms with Gasteiger partial charge in [-0.3, -0.25) is 4.79 Å². The van der Waals surface area contributed by atoms with Crippen molar-refractivity contribution in [3.05, 3.63) is 34.3 Å². The molecule has 1 aliphatic rings. The number of hydrogen-bond acceptors (Lipinski definition) is 3. The van der Waals surface area contributed by atoms with Crippen molar-refractivity contribution in [2.24, 2.45) is 0 Å². The fourth-order valence-corrected chi connectivity index (χ4v) is 2.53. The molecule has 5 nitrogen and oxygen atoms in total. The Morgan fingerprint density at radius 2 is 2.00 bits per heavy atom. The van der Waals surface area contributed by atoms with Gasteiger partial charge in [-0.2, -0.15) is 0 Å². The maximum Gasteiger partial charge on any atom is 0.328 e. The molecular weight excluding hydrogens is 312 g/mol. The number of amides is 1. The molecule has 2 unspecified atom stereocenters. The molecule has 1 amide bonds. The monoisotopic (exact) mass is 326 g/mol. The third-order valence-corrected chi connectivity index (χ3v) is 3.76. The lowest BCUT2D eigenvalue weighted by Crippen LogP contribution is -2.61. The molecule has 1 aromatic carbocycles. The molecule has 0 saturated carbocycles. The zero-order valence-electron chi connectivity index (χ0n) is 10.5. The van der Waals surface area contributed by atoms with Crippen molar-refractivity contribution in [1.29, 1.82) is 0 Å². The van der Waals surface area contributed by atoms with Crippen LogP contribution in [0.5, 0.6) is 0 Å². The van der Waals surface area contributed by atoms with Crippen molar-refractivity contribution >= 4 is 27.8 Å². The minimum atomic E-state index is -0.981. The molecule has 2 N–H and O–H groups in total. The third-order valence-electron chi connectivity index (χ3n) is 3.23. The first-order valence-electron chi connectivity index (χ1n) is 6.03. The van der Waals surface area contributed by atoms with Gasteiger partial charge >= 0.3 is 5.97 Å². The summed E-state index contributed by atoms with van der Waals surface area (Å²) in [6, 6.07) is 5.84. The summed E-state index contributed by atoms with van der Waals surface area (Å²) in [5.41, 5.74) is 0.503. The molecule has 0 bridgehead atoms. The number of aliphatic carboxylic acids is 1. The topological polar surface area (TPSA) is 69.6 Å². The van der Waals surface area contributed by atoms with Crippen LogP contribution in [-0.2, 0) is 4.79 Å². The fourth-order valence-electron chi connectivity index (χ4n) is 2.27. The van der Waals surface area contributed by atoms with Gasteiger partial charge in [-0.05, 0) is 31.2 Å². The SMILES string of the molecule is CC1NCCN(C(=O)c2ccc(Br)cc2)C1C(=O)O. The van der Waals surface area contributed by atoms with Crippen molar-refractivity contribution < 1.29 is 14.7 Å². The number of hydrogen-bond donors (Lipinski definition) is 2. The molecule has 102 valence electrons. The predicted molar refractivity (Wildman–Crippen MR) is 74.1 cm³/mol. The van der Waals surface area contributed by atoms with Gasteiger partial charge in [0.25, 0.3) is 5.91 Å². The van der Waals surface area contributed by atoms with Crippen molar-refractivity contribution in [2.75, 3.05) is 13.1 Å². The number of carbonyl (C=O) groups excluding carboxylic acids is 1. The van der Waals surface area contributed by atoms with Crippen LogP contribution in [0.2, 0.25) is 0 Å². The second-order valence-electron chi connectivity index (χ2n) is 4.53. The normalized spacial score (nSPS) is 23.2. The lowest BCUT2D eigenvalue weighted by Gasteiger charge is -2.38. The Kier molecular flexibility index (Phi) is 4.21. The van der Waals surface area contributed by atoms with E-state index in [0.717, 1.165) is 4.47 Å². The second kappa shape index (κ2) is 5.71. The molecule has 0 radical (unpaired) electrons. The number of carbonyl (C=O) groups is 2. The van der Waals surface area contributed by atoms with Crippen LogP contribution in [0.15, 0.2) is 28.7 Å². The van der Waals surface area contributed by atoms with E-state index in [1.54, 1.807) is 31.2 Å². The third kappa shape index (κ3) is 2.96. The molecule has 19 heavy (non-hydrogen) atoms. The molecule has 0 spiro atoms. The summed E-state index contributed by atoms with van der Waals surface area (Å²) in [6.07, 6.45) is 0. The van der Waals surface area contributed by atoms with Crippen LogP contribution in [0.1, 0.15) is 17.3 Å². The summed E-state index contributed by atoms with van der Waals surface area (Å²) in [6.45, 7) is 2.78. The lowest BCUT2D eigenvalue weighted by molar-refractivity contribution is -0.144. The highest BCUT2D eigenvalue weighted by Gasteiger charge is 2.37. The van der Waals surface area contributed by atoms with Crippen LogP contribution in [0.25, 0.3) is 0 Å². The van der Waals surface area contributed by atoms with Crippen molar-refractivity contribution in [2.45, 2.75) is 19.0 Å². The molecular formula is C13H15BrN2O3. The zero-order chi connectivity index (χ0) is 14.0. The Balaban J connectivity index is 2.25. The Bertz CT molecular complexity index is 489. The van der Waals surface area contributed by atoms with E-state index in [-0.39, 0.29) is 11.9 Å². The van der Waals surface area contributed by atoms with Crippen LogP contribution in [0, 0.1) is 0 Å². The van der Waals surface area contributed by atoms with Crippen LogP contribution in [0.3, 0.4) is 0 Å². The highest BCUT2D eigenvalue weighted by atomic mass is 79.9. The van der Waals surface area contributed by atoms with Gasteiger partial charge in [0.1, 0.15) is 6.04 Å². The zero-order valence-corrected chi connectivity index (χ0v) is 12.1. The van der Waals surface area contributed by atoms with Gasteiger partial charge in [0, 0.05) is 29.2 Å². The molecule has 0 aliphatic carbocycles. The minimum absolute atomic E-state index is 0.242. The van der Waals surface area contributed by atoms with Gasteiger partial charge in [-0.15, -0.1) is 0 Å². The number of benzene rings is 1. The average molecular weight is 327 g/mol. The van der Waals surface area contributed by atoms with E-state index in [2.05, 4.69) is 21.2 Å². The molecule has 6 heteroatoms. The number of carboxylic acid groups (broad SMARTS) is 1. The number of nitrogens with one attached hydrogen (secondary N) is 1. The number of piperazine rings is 1. The molecule has 1 aromatic rings. The second-order valence-corrected chi connectivity index (χ2v) is 5.45. The molecule has 2 rings (SSSR count). The lowest BCUT2D eigenvalue weighted by atomic mass is 10.0. The standard InChI is InChI=1S/C13H15BrN2O3/c1-8-11(13(18)19)16(7-6-15-8)12(17)9-2-4-10(14)5-3-9/h2-5,8,11,15H,6-7H2,1H3,(H,18,19). The van der Waals surface area contributed by atoms with Crippen LogP contribution in [-0.4, -0.2) is 47.1 Å². The van der Waals surface area contributed by atoms with E-state index >= 15 is 0 Å². The Labute approximate surface area is 119 Å². The first-order valence-corrected chi connectivity index (χ1v) is 6.82. The van der Waals surface area contributed by atoms with E-state index < -0.39 is 12.0 Å². The van der Waals surface area contributed by atoms with E-state index in [4.69, 9.17) is 0 Å². The summed E-state index contributed by atoms with van der Waals surface area (Å²) in [5.74, 6) is -1.22. The van der Waals surface area contributed by atoms with Crippen molar-refractivity contribution in [1.82, 2.24) is 10.2 Å². The number of halogens is 1. The van der Waals surface area contributed by atoms with E-state index in [0.29, 0.717) is 18.7 Å². The van der Waals surface area contributed by atoms with E-state index in [9.17, 15) is 14.7 Å². The summed E-state index contributed by atoms with van der Waals surface area (Å²) >= 11 is 3.31. The predicted octanol–water partition coefficient (Wildman–Crippen LogP) is 1.34. The van der Waals surface area contributed by atoms with Gasteiger partial charge in [0.2, 0.25) is 0 Å². The number of nitrogens with zero attached hydrogens (tertiary/aromatic N) is 1. The highest BCUT2D eigenvalue weighted by molar-refractivity contribution is 9.10. The summed E-state index contributed by atoms with van der Waals surface area (Å²) in [5, 5.41) is 12.4. The molecule has 2 atom stereocenters. The summed E-state index contributed by atoms with van der Waals surface area (Å²) < 4.78 is 0.882. The molecule has 1 aliphatic heterocycles. The maximum absolute atomic E-state index is 12.4. The van der Waals surface area contributed by atoms with Gasteiger partial charge in [-0.25, -0.2) is 4.79 Å². The Morgan fingerprint density at radius 3 is 2.58 bits per heavy atom. The quantitative estimate of drug-likeness (QED) is 0.860. The first-order chi connectivity index (χ1) is 9.00. The summed E-state index contributed by atoms with van der Waals surface area (Å²) in [7, 11) is 0. The fraction of sp³-hybridized carbons (Fsp3) is 0.385. The van der Waals surface area contributed by atoms with Crippen molar-refractivity contribution in [3.8, 4) is 0 Å². The van der Waals surface area contributed by atoms with Gasteiger partial charge in [0.05, 0.1) is 0 Å². The number of rotatable bonds is 2. The molecule has 1 fully saturated rings. The highest BCUT2D eigenvalue weighted by Crippen LogP contribution is 2.17. The largest absolute Gasteiger partial charge is 0.480 e. The average Bonchev–Trinajstić information content (AvgIpc) is 2.38. The van der Waals surface area contributed by atoms with Crippen LogP contribution >= 0.6 is 15.9 Å². The molecule has 1 heterocycles. The maximum atomic E-state index is 12.4. The number of carboxylic acids is 1. The Morgan fingerprint density at radius 1 is 1.37 bits per heavy atom. The molecule has 0 aromatic heterocycles. The van der Waals surface area contributed by atoms with E-state index in [1.807, 2.05) is 0 Å². The minimum Gasteiger partial charge on any atom is -0.480 e. The van der Waals surface area contributed by atoms with Gasteiger partial charge in [0.15, 0.2) is 0 Å². The summed E-state index contributed by atoms with van der Waals surface area (Å²) in [4.78, 5) is 25.1. The van der Waals surface area contributed by atoms with Crippen LogP contribution in [0.4, 0.5) is 0 Å². The van der Waals surface area contributed by atoms with Crippen LogP contribution < -0.4 is 5.32 Å². The van der Waals surface area contributed by atoms with Crippen molar-refractivity contribution in [3.63, 3.8) is 0 Å². The van der Waals surface area contributed by atoms with Gasteiger partial charge < -0.3 is 15.3 Å². The van der Waals surface area contributed by atoms with Gasteiger partial charge in [-0.1, -0.05) is 15.9 Å². The van der Waals surface area contributed by atoms with E-state index in [1.165, 1.54) is 4.90 Å². The first kappa shape index (κ1) is 14.0. The smallest absolute Gasteiger partial charge is 0.328 e. The Hall–Kier alpha value is -1.40. The molecule has 1 saturated heterocycles.